The van der Waals surface area contributed by atoms with Crippen molar-refractivity contribution in [1.29, 1.82) is 0 Å². The van der Waals surface area contributed by atoms with Crippen molar-refractivity contribution in [1.82, 2.24) is 19.4 Å². The lowest BCUT2D eigenvalue weighted by atomic mass is 10.0. The first-order valence-corrected chi connectivity index (χ1v) is 8.81. The number of Topliss-reactive ketones (excluding diaryl/α,β-unsaturated/α-hetero) is 1. The molecule has 0 bridgehead atoms. The van der Waals surface area contributed by atoms with Gasteiger partial charge in [-0.2, -0.15) is 0 Å². The minimum atomic E-state index is 0.0222. The van der Waals surface area contributed by atoms with Gasteiger partial charge < -0.3 is 4.40 Å². The Labute approximate surface area is 149 Å². The molecular formula is C19H16N4OS. The Morgan fingerprint density at radius 2 is 2.16 bits per heavy atom. The van der Waals surface area contributed by atoms with Crippen molar-refractivity contribution < 1.29 is 4.79 Å². The third-order valence-electron chi connectivity index (χ3n) is 4.12. The summed E-state index contributed by atoms with van der Waals surface area (Å²) in [7, 11) is 0. The average Bonchev–Trinajstić information content (AvgIpc) is 3.23. The molecule has 4 rings (SSSR count). The number of carbonyl (C=O) groups excluding carboxylic acids is 1. The van der Waals surface area contributed by atoms with Crippen LogP contribution >= 0.6 is 11.3 Å². The Bertz CT molecular complexity index is 1080. The molecular weight excluding hydrogens is 332 g/mol. The highest BCUT2D eigenvalue weighted by Gasteiger charge is 2.17. The molecule has 4 aromatic rings. The van der Waals surface area contributed by atoms with Gasteiger partial charge in [0.25, 0.3) is 0 Å². The summed E-state index contributed by atoms with van der Waals surface area (Å²) in [6, 6.07) is 3.88. The van der Waals surface area contributed by atoms with E-state index in [1.165, 1.54) is 11.3 Å². The molecule has 4 heterocycles. The lowest BCUT2D eigenvalue weighted by Gasteiger charge is -2.09. The van der Waals surface area contributed by atoms with Crippen LogP contribution in [0.2, 0.25) is 0 Å². The van der Waals surface area contributed by atoms with E-state index in [-0.39, 0.29) is 12.2 Å². The topological polar surface area (TPSA) is 60.2 Å². The number of hydrogen-bond donors (Lipinski definition) is 0. The van der Waals surface area contributed by atoms with Crippen LogP contribution in [0.4, 0.5) is 0 Å². The van der Waals surface area contributed by atoms with E-state index in [2.05, 4.69) is 15.0 Å². The van der Waals surface area contributed by atoms with E-state index in [4.69, 9.17) is 0 Å². The van der Waals surface area contributed by atoms with E-state index in [0.717, 1.165) is 27.4 Å². The van der Waals surface area contributed by atoms with E-state index in [0.29, 0.717) is 11.2 Å². The normalized spacial score (nSPS) is 11.1. The highest BCUT2D eigenvalue weighted by molar-refractivity contribution is 7.09. The van der Waals surface area contributed by atoms with Crippen molar-refractivity contribution in [2.24, 2.45) is 0 Å². The molecule has 0 saturated carbocycles. The van der Waals surface area contributed by atoms with Crippen molar-refractivity contribution in [2.75, 3.05) is 0 Å². The van der Waals surface area contributed by atoms with Crippen LogP contribution < -0.4 is 0 Å². The number of pyridine rings is 2. The molecule has 6 heteroatoms. The molecule has 0 aromatic carbocycles. The molecule has 0 fully saturated rings. The second-order valence-corrected chi connectivity index (χ2v) is 6.92. The molecule has 0 spiro atoms. The second-order valence-electron chi connectivity index (χ2n) is 5.97. The van der Waals surface area contributed by atoms with E-state index in [1.54, 1.807) is 12.4 Å². The first kappa shape index (κ1) is 15.7. The van der Waals surface area contributed by atoms with Gasteiger partial charge in [0.05, 0.1) is 12.0 Å². The Hall–Kier alpha value is -2.86. The van der Waals surface area contributed by atoms with Gasteiger partial charge in [-0.3, -0.25) is 9.78 Å². The van der Waals surface area contributed by atoms with Crippen molar-refractivity contribution >= 4 is 22.8 Å². The van der Waals surface area contributed by atoms with Crippen LogP contribution in [0.5, 0.6) is 0 Å². The molecule has 0 N–H and O–H groups in total. The maximum atomic E-state index is 12.9. The van der Waals surface area contributed by atoms with Gasteiger partial charge in [-0.05, 0) is 31.5 Å². The monoisotopic (exact) mass is 348 g/mol. The van der Waals surface area contributed by atoms with Gasteiger partial charge in [0.2, 0.25) is 0 Å². The lowest BCUT2D eigenvalue weighted by molar-refractivity contribution is 0.0994. The number of hydrogen-bond acceptors (Lipinski definition) is 5. The standard InChI is InChI=1S/C19H16N4OS/c1-12-3-4-20-9-16(12)14-7-15(19-21-5-6-23(19)10-14)17(24)8-18-22-13(2)11-25-18/h3-7,9-11H,8H2,1-2H3. The van der Waals surface area contributed by atoms with Gasteiger partial charge in [-0.25, -0.2) is 9.97 Å². The first-order valence-electron chi connectivity index (χ1n) is 7.94. The summed E-state index contributed by atoms with van der Waals surface area (Å²) >= 11 is 1.51. The number of aromatic nitrogens is 4. The number of thiazole rings is 1. The van der Waals surface area contributed by atoms with Crippen LogP contribution in [-0.2, 0) is 6.42 Å². The third-order valence-corrected chi connectivity index (χ3v) is 5.08. The number of nitrogens with zero attached hydrogens (tertiary/aromatic N) is 4. The summed E-state index contributed by atoms with van der Waals surface area (Å²) in [5, 5.41) is 2.79. The second kappa shape index (κ2) is 6.22. The highest BCUT2D eigenvalue weighted by atomic mass is 32.1. The maximum Gasteiger partial charge on any atom is 0.173 e. The van der Waals surface area contributed by atoms with Gasteiger partial charge in [0.15, 0.2) is 5.78 Å². The minimum absolute atomic E-state index is 0.0222. The van der Waals surface area contributed by atoms with Crippen LogP contribution in [0.3, 0.4) is 0 Å². The summed E-state index contributed by atoms with van der Waals surface area (Å²) in [5.41, 5.74) is 5.30. The van der Waals surface area contributed by atoms with Gasteiger partial charge in [0, 0.05) is 53.2 Å². The van der Waals surface area contributed by atoms with E-state index in [1.807, 2.05) is 54.4 Å². The zero-order valence-corrected chi connectivity index (χ0v) is 14.7. The van der Waals surface area contributed by atoms with E-state index in [9.17, 15) is 4.79 Å². The van der Waals surface area contributed by atoms with Gasteiger partial charge in [-0.1, -0.05) is 0 Å². The van der Waals surface area contributed by atoms with Crippen LogP contribution in [0.15, 0.2) is 48.5 Å². The summed E-state index contributed by atoms with van der Waals surface area (Å²) in [4.78, 5) is 25.9. The molecule has 0 atom stereocenters. The Morgan fingerprint density at radius 1 is 1.28 bits per heavy atom. The Morgan fingerprint density at radius 3 is 2.92 bits per heavy atom. The predicted molar refractivity (Wildman–Crippen MR) is 98.0 cm³/mol. The molecule has 25 heavy (non-hydrogen) atoms. The van der Waals surface area contributed by atoms with Crippen molar-refractivity contribution in [3.8, 4) is 11.1 Å². The van der Waals surface area contributed by atoms with Crippen LogP contribution in [0.1, 0.15) is 26.6 Å². The number of carbonyl (C=O) groups is 1. The summed E-state index contributed by atoms with van der Waals surface area (Å²) < 4.78 is 1.89. The van der Waals surface area contributed by atoms with E-state index < -0.39 is 0 Å². The molecule has 0 aliphatic carbocycles. The molecule has 0 amide bonds. The van der Waals surface area contributed by atoms with Crippen molar-refractivity contribution in [3.63, 3.8) is 0 Å². The van der Waals surface area contributed by atoms with Gasteiger partial charge >= 0.3 is 0 Å². The number of ketones is 1. The smallest absolute Gasteiger partial charge is 0.173 e. The summed E-state index contributed by atoms with van der Waals surface area (Å²) in [6.07, 6.45) is 9.43. The molecule has 0 unspecified atom stereocenters. The zero-order valence-electron chi connectivity index (χ0n) is 13.9. The SMILES string of the molecule is Cc1csc(CC(=O)c2cc(-c3cnccc3C)cn3ccnc23)n1. The molecule has 0 aliphatic rings. The molecule has 0 saturated heterocycles. The highest BCUT2D eigenvalue weighted by Crippen LogP contribution is 2.26. The number of rotatable bonds is 4. The van der Waals surface area contributed by atoms with Crippen LogP contribution in [0, 0.1) is 13.8 Å². The largest absolute Gasteiger partial charge is 0.306 e. The van der Waals surface area contributed by atoms with Crippen LogP contribution in [-0.4, -0.2) is 25.1 Å². The quantitative estimate of drug-likeness (QED) is 0.525. The number of aryl methyl sites for hydroxylation is 2. The Balaban J connectivity index is 1.81. The van der Waals surface area contributed by atoms with Crippen molar-refractivity contribution in [2.45, 2.75) is 20.3 Å². The molecule has 124 valence electrons. The van der Waals surface area contributed by atoms with Gasteiger partial charge in [0.1, 0.15) is 10.7 Å². The summed E-state index contributed by atoms with van der Waals surface area (Å²) in [6.45, 7) is 3.97. The number of imidazole rings is 1. The van der Waals surface area contributed by atoms with E-state index >= 15 is 0 Å². The van der Waals surface area contributed by atoms with Gasteiger partial charge in [-0.15, -0.1) is 11.3 Å². The van der Waals surface area contributed by atoms with Crippen molar-refractivity contribution in [3.05, 3.63) is 70.3 Å². The molecule has 0 aliphatic heterocycles. The fraction of sp³-hybridized carbons (Fsp3) is 0.158. The lowest BCUT2D eigenvalue weighted by Crippen LogP contribution is -2.07. The summed E-state index contributed by atoms with van der Waals surface area (Å²) in [5.74, 6) is 0.0222. The fourth-order valence-corrected chi connectivity index (χ4v) is 3.64. The molecule has 4 aromatic heterocycles. The molecule has 0 radical (unpaired) electrons. The maximum absolute atomic E-state index is 12.9. The molecule has 5 nitrogen and oxygen atoms in total. The fourth-order valence-electron chi connectivity index (χ4n) is 2.87. The zero-order chi connectivity index (χ0) is 17.4. The van der Waals surface area contributed by atoms with Crippen LogP contribution in [0.25, 0.3) is 16.8 Å². The average molecular weight is 348 g/mol. The predicted octanol–water partition coefficient (Wildman–Crippen LogP) is 3.90. The number of fused-ring (bicyclic) bond motifs is 1. The minimum Gasteiger partial charge on any atom is -0.306 e. The Kier molecular flexibility index (Phi) is 3.89. The first-order chi connectivity index (χ1) is 12.1. The third kappa shape index (κ3) is 2.96.